The highest BCUT2D eigenvalue weighted by Gasteiger charge is 2.24. The van der Waals surface area contributed by atoms with Gasteiger partial charge in [0.05, 0.1) is 4.47 Å². The van der Waals surface area contributed by atoms with E-state index < -0.39 is 0 Å². The number of hydrogen-bond acceptors (Lipinski definition) is 3. The van der Waals surface area contributed by atoms with E-state index in [0.717, 1.165) is 17.3 Å². The van der Waals surface area contributed by atoms with E-state index in [2.05, 4.69) is 26.2 Å². The summed E-state index contributed by atoms with van der Waals surface area (Å²) in [4.78, 5) is 15.7. The lowest BCUT2D eigenvalue weighted by Crippen LogP contribution is -2.27. The van der Waals surface area contributed by atoms with Crippen molar-refractivity contribution in [2.24, 2.45) is 0 Å². The van der Waals surface area contributed by atoms with Crippen molar-refractivity contribution in [1.82, 2.24) is 4.98 Å². The van der Waals surface area contributed by atoms with Crippen molar-refractivity contribution in [3.05, 3.63) is 22.8 Å². The molecule has 2 rings (SSSR count). The number of carbonyl (C=O) groups excluding carboxylic acids is 1. The zero-order valence-corrected chi connectivity index (χ0v) is 9.66. The molecule has 1 aliphatic rings. The molecule has 0 aliphatic carbocycles. The molecule has 1 unspecified atom stereocenters. The summed E-state index contributed by atoms with van der Waals surface area (Å²) in [5.41, 5.74) is 0. The van der Waals surface area contributed by atoms with E-state index in [9.17, 15) is 4.79 Å². The summed E-state index contributed by atoms with van der Waals surface area (Å²) >= 11 is 3.32. The number of hydrogen-bond donors (Lipinski definition) is 1. The van der Waals surface area contributed by atoms with E-state index in [1.54, 1.807) is 12.3 Å². The Balaban J connectivity index is 2.02. The van der Waals surface area contributed by atoms with Crippen molar-refractivity contribution in [2.45, 2.75) is 18.9 Å². The van der Waals surface area contributed by atoms with Crippen molar-refractivity contribution in [2.75, 3.05) is 11.9 Å². The van der Waals surface area contributed by atoms with Gasteiger partial charge in [0.2, 0.25) is 0 Å². The zero-order valence-electron chi connectivity index (χ0n) is 8.07. The normalized spacial score (nSPS) is 20.2. The van der Waals surface area contributed by atoms with Crippen molar-refractivity contribution in [1.29, 1.82) is 0 Å². The second-order valence-electron chi connectivity index (χ2n) is 3.32. The summed E-state index contributed by atoms with van der Waals surface area (Å²) in [6.07, 6.45) is 3.05. The molecule has 0 radical (unpaired) electrons. The average molecular weight is 271 g/mol. The number of ether oxygens (including phenoxy) is 1. The first-order chi connectivity index (χ1) is 7.27. The van der Waals surface area contributed by atoms with E-state index in [0.29, 0.717) is 12.4 Å². The van der Waals surface area contributed by atoms with Crippen molar-refractivity contribution in [3.8, 4) is 0 Å². The van der Waals surface area contributed by atoms with Gasteiger partial charge in [-0.25, -0.2) is 4.98 Å². The monoisotopic (exact) mass is 270 g/mol. The quantitative estimate of drug-likeness (QED) is 0.894. The van der Waals surface area contributed by atoms with Gasteiger partial charge < -0.3 is 10.1 Å². The van der Waals surface area contributed by atoms with Gasteiger partial charge in [-0.15, -0.1) is 0 Å². The highest BCUT2D eigenvalue weighted by molar-refractivity contribution is 9.10. The Labute approximate surface area is 96.2 Å². The largest absolute Gasteiger partial charge is 0.368 e. The maximum atomic E-state index is 11.7. The summed E-state index contributed by atoms with van der Waals surface area (Å²) in [6.45, 7) is 0.668. The van der Waals surface area contributed by atoms with E-state index >= 15 is 0 Å². The molecule has 1 aliphatic heterocycles. The molecule has 0 bridgehead atoms. The molecule has 1 fully saturated rings. The Morgan fingerprint density at radius 2 is 2.53 bits per heavy atom. The minimum atomic E-state index is -0.320. The van der Waals surface area contributed by atoms with E-state index in [4.69, 9.17) is 4.74 Å². The SMILES string of the molecule is O=C(Nc1ncccc1Br)C1CCCO1. The summed E-state index contributed by atoms with van der Waals surface area (Å²) in [5.74, 6) is 0.421. The summed E-state index contributed by atoms with van der Waals surface area (Å²) in [5, 5.41) is 2.73. The first-order valence-corrected chi connectivity index (χ1v) is 5.59. The van der Waals surface area contributed by atoms with Crippen LogP contribution in [-0.2, 0) is 9.53 Å². The van der Waals surface area contributed by atoms with Gasteiger partial charge in [-0.2, -0.15) is 0 Å². The lowest BCUT2D eigenvalue weighted by molar-refractivity contribution is -0.124. The molecule has 2 heterocycles. The smallest absolute Gasteiger partial charge is 0.254 e. The lowest BCUT2D eigenvalue weighted by Gasteiger charge is -2.10. The van der Waals surface area contributed by atoms with Gasteiger partial charge in [-0.1, -0.05) is 0 Å². The maximum Gasteiger partial charge on any atom is 0.254 e. The van der Waals surface area contributed by atoms with Gasteiger partial charge in [0.25, 0.3) is 5.91 Å². The van der Waals surface area contributed by atoms with Crippen LogP contribution in [-0.4, -0.2) is 23.6 Å². The molecule has 1 N–H and O–H groups in total. The van der Waals surface area contributed by atoms with Crippen molar-refractivity contribution >= 4 is 27.7 Å². The van der Waals surface area contributed by atoms with Crippen LogP contribution in [0.2, 0.25) is 0 Å². The summed E-state index contributed by atoms with van der Waals surface area (Å²) in [6, 6.07) is 3.63. The molecule has 1 saturated heterocycles. The lowest BCUT2D eigenvalue weighted by atomic mass is 10.2. The van der Waals surface area contributed by atoms with E-state index in [-0.39, 0.29) is 12.0 Å². The van der Waals surface area contributed by atoms with E-state index in [1.165, 1.54) is 0 Å². The number of anilines is 1. The Morgan fingerprint density at radius 3 is 3.20 bits per heavy atom. The van der Waals surface area contributed by atoms with Crippen molar-refractivity contribution in [3.63, 3.8) is 0 Å². The molecule has 1 aromatic rings. The molecule has 1 amide bonds. The molecular formula is C10H11BrN2O2. The topological polar surface area (TPSA) is 51.2 Å². The molecule has 0 saturated carbocycles. The maximum absolute atomic E-state index is 11.7. The number of amides is 1. The van der Waals surface area contributed by atoms with Crippen LogP contribution in [0.3, 0.4) is 0 Å². The molecule has 0 aromatic carbocycles. The molecule has 4 nitrogen and oxygen atoms in total. The predicted molar refractivity (Wildman–Crippen MR) is 59.5 cm³/mol. The predicted octanol–water partition coefficient (Wildman–Crippen LogP) is 1.96. The highest BCUT2D eigenvalue weighted by atomic mass is 79.9. The van der Waals surface area contributed by atoms with Crippen LogP contribution in [0.4, 0.5) is 5.82 Å². The molecule has 15 heavy (non-hydrogen) atoms. The molecule has 80 valence electrons. The number of aromatic nitrogens is 1. The number of halogens is 1. The van der Waals surface area contributed by atoms with Crippen LogP contribution >= 0.6 is 15.9 Å². The first-order valence-electron chi connectivity index (χ1n) is 4.80. The highest BCUT2D eigenvalue weighted by Crippen LogP contribution is 2.20. The number of nitrogens with zero attached hydrogens (tertiary/aromatic N) is 1. The molecule has 1 atom stereocenters. The minimum absolute atomic E-state index is 0.119. The summed E-state index contributed by atoms with van der Waals surface area (Å²) < 4.78 is 6.05. The van der Waals surface area contributed by atoms with Gasteiger partial charge in [-0.3, -0.25) is 4.79 Å². The Morgan fingerprint density at radius 1 is 1.67 bits per heavy atom. The van der Waals surface area contributed by atoms with Gasteiger partial charge in [0.15, 0.2) is 0 Å². The second kappa shape index (κ2) is 4.72. The molecular weight excluding hydrogens is 260 g/mol. The number of pyridine rings is 1. The third-order valence-electron chi connectivity index (χ3n) is 2.22. The van der Waals surface area contributed by atoms with Crippen LogP contribution in [0, 0.1) is 0 Å². The second-order valence-corrected chi connectivity index (χ2v) is 4.18. The fourth-order valence-corrected chi connectivity index (χ4v) is 1.81. The number of rotatable bonds is 2. The van der Waals surface area contributed by atoms with Gasteiger partial charge in [0, 0.05) is 12.8 Å². The van der Waals surface area contributed by atoms with Gasteiger partial charge >= 0.3 is 0 Å². The van der Waals surface area contributed by atoms with E-state index in [1.807, 2.05) is 6.07 Å². The minimum Gasteiger partial charge on any atom is -0.368 e. The zero-order chi connectivity index (χ0) is 10.7. The first kappa shape index (κ1) is 10.6. The summed E-state index contributed by atoms with van der Waals surface area (Å²) in [7, 11) is 0. The third-order valence-corrected chi connectivity index (χ3v) is 2.86. The van der Waals surface area contributed by atoms with Crippen LogP contribution in [0.15, 0.2) is 22.8 Å². The fraction of sp³-hybridized carbons (Fsp3) is 0.400. The Kier molecular flexibility index (Phi) is 3.33. The van der Waals surface area contributed by atoms with Gasteiger partial charge in [-0.05, 0) is 40.9 Å². The Hall–Kier alpha value is -0.940. The molecule has 0 spiro atoms. The van der Waals surface area contributed by atoms with Crippen LogP contribution in [0.1, 0.15) is 12.8 Å². The van der Waals surface area contributed by atoms with Crippen LogP contribution in [0.5, 0.6) is 0 Å². The standard InChI is InChI=1S/C10H11BrN2O2/c11-7-3-1-5-12-9(7)13-10(14)8-4-2-6-15-8/h1,3,5,8H,2,4,6H2,(H,12,13,14). The fourth-order valence-electron chi connectivity index (χ4n) is 1.46. The van der Waals surface area contributed by atoms with Crippen LogP contribution in [0.25, 0.3) is 0 Å². The number of nitrogens with one attached hydrogen (secondary N) is 1. The molecule has 5 heteroatoms. The Bertz CT molecular complexity index is 364. The molecule has 1 aromatic heterocycles. The van der Waals surface area contributed by atoms with Gasteiger partial charge in [0.1, 0.15) is 11.9 Å². The third kappa shape index (κ3) is 2.54. The van der Waals surface area contributed by atoms with Crippen molar-refractivity contribution < 1.29 is 9.53 Å². The average Bonchev–Trinajstić information content (AvgIpc) is 2.74. The van der Waals surface area contributed by atoms with Crippen LogP contribution < -0.4 is 5.32 Å². The number of carbonyl (C=O) groups is 1.